The van der Waals surface area contributed by atoms with Crippen LogP contribution in [0.25, 0.3) is 11.1 Å². The van der Waals surface area contributed by atoms with E-state index >= 15 is 0 Å². The predicted molar refractivity (Wildman–Crippen MR) is 133 cm³/mol. The highest BCUT2D eigenvalue weighted by molar-refractivity contribution is 8.13. The molecule has 1 aliphatic heterocycles. The fourth-order valence-corrected chi connectivity index (χ4v) is 3.86. The lowest BCUT2D eigenvalue weighted by atomic mass is 10.0. The minimum Gasteiger partial charge on any atom is -0.494 e. The number of halogens is 1. The van der Waals surface area contributed by atoms with Crippen molar-refractivity contribution in [3.8, 4) is 16.9 Å². The Kier molecular flexibility index (Phi) is 10.4. The highest BCUT2D eigenvalue weighted by Gasteiger charge is 2.22. The molecule has 2 aromatic rings. The van der Waals surface area contributed by atoms with Gasteiger partial charge in [0.2, 0.25) is 0 Å². The van der Waals surface area contributed by atoms with Gasteiger partial charge < -0.3 is 24.1 Å². The van der Waals surface area contributed by atoms with Crippen LogP contribution in [-0.4, -0.2) is 84.6 Å². The lowest BCUT2D eigenvalue weighted by Gasteiger charge is -2.28. The Morgan fingerprint density at radius 1 is 1.29 bits per heavy atom. The van der Waals surface area contributed by atoms with Crippen LogP contribution in [0, 0.1) is 6.92 Å². The number of nitrogens with zero attached hydrogens (tertiary/aromatic N) is 4. The second-order valence-electron chi connectivity index (χ2n) is 7.31. The van der Waals surface area contributed by atoms with Gasteiger partial charge in [-0.05, 0) is 19.1 Å². The maximum absolute atomic E-state index is 13.2. The summed E-state index contributed by atoms with van der Waals surface area (Å²) in [7, 11) is 1.51. The van der Waals surface area contributed by atoms with Crippen molar-refractivity contribution in [3.05, 3.63) is 40.9 Å². The quantitative estimate of drug-likeness (QED) is 0.127. The first-order chi connectivity index (χ1) is 16.9. The Balaban J connectivity index is 1.66. The molecule has 3 rings (SSSR count). The standard InChI is InChI=1S/C22H26ClN5O6S/c1-13-4-16(17-5-20(23)26-7-19(17)31-3)18(6-25-13)21(30)27-22(28-24-2)35-12-32-9-15-11-33-14(8-29)10-34-15/h4-7,14-15,29H,2,8-12H2,1,3H3,(H,27,28,30). The smallest absolute Gasteiger partial charge is 0.259 e. The van der Waals surface area contributed by atoms with Crippen LogP contribution in [0.3, 0.4) is 0 Å². The topological polar surface area (TPSA) is 137 Å². The fourth-order valence-electron chi connectivity index (χ4n) is 3.13. The summed E-state index contributed by atoms with van der Waals surface area (Å²) in [6.45, 7) is 6.00. The number of aryl methyl sites for hydroxylation is 1. The maximum Gasteiger partial charge on any atom is 0.259 e. The van der Waals surface area contributed by atoms with E-state index in [0.717, 1.165) is 11.8 Å². The van der Waals surface area contributed by atoms with Crippen molar-refractivity contribution in [3.63, 3.8) is 0 Å². The third-order valence-corrected chi connectivity index (χ3v) is 5.78. The van der Waals surface area contributed by atoms with Crippen LogP contribution in [-0.2, 0) is 14.2 Å². The van der Waals surface area contributed by atoms with Crippen LogP contribution < -0.4 is 10.1 Å². The van der Waals surface area contributed by atoms with Gasteiger partial charge >= 0.3 is 0 Å². The van der Waals surface area contributed by atoms with Crippen LogP contribution in [0.4, 0.5) is 0 Å². The Morgan fingerprint density at radius 2 is 2.06 bits per heavy atom. The fraction of sp³-hybridized carbons (Fsp3) is 0.409. The van der Waals surface area contributed by atoms with Gasteiger partial charge in [0.15, 0.2) is 5.17 Å². The van der Waals surface area contributed by atoms with Crippen LogP contribution >= 0.6 is 23.4 Å². The number of nitrogens with one attached hydrogen (secondary N) is 1. The van der Waals surface area contributed by atoms with Crippen molar-refractivity contribution in [2.24, 2.45) is 10.2 Å². The Hall–Kier alpha value is -2.61. The van der Waals surface area contributed by atoms with Gasteiger partial charge in [0, 0.05) is 29.7 Å². The maximum atomic E-state index is 13.2. The molecular weight excluding hydrogens is 498 g/mol. The normalized spacial score (nSPS) is 18.2. The van der Waals surface area contributed by atoms with Crippen LogP contribution in [0.5, 0.6) is 5.75 Å². The van der Waals surface area contributed by atoms with Crippen molar-refractivity contribution < 1.29 is 28.8 Å². The summed E-state index contributed by atoms with van der Waals surface area (Å²) >= 11 is 7.22. The van der Waals surface area contributed by atoms with Gasteiger partial charge in [-0.25, -0.2) is 4.98 Å². The molecule has 1 amide bonds. The largest absolute Gasteiger partial charge is 0.494 e. The zero-order valence-electron chi connectivity index (χ0n) is 19.3. The molecule has 1 aliphatic rings. The number of hydrogen-bond acceptors (Lipinski definition) is 11. The molecule has 2 atom stereocenters. The first kappa shape index (κ1) is 27.0. The van der Waals surface area contributed by atoms with Crippen molar-refractivity contribution in [1.82, 2.24) is 15.3 Å². The minimum atomic E-state index is -0.462. The zero-order valence-corrected chi connectivity index (χ0v) is 20.8. The number of ether oxygens (including phenoxy) is 4. The number of carbonyl (C=O) groups excluding carboxylic acids is 1. The third kappa shape index (κ3) is 7.69. The minimum absolute atomic E-state index is 0.0866. The second-order valence-corrected chi connectivity index (χ2v) is 8.60. The van der Waals surface area contributed by atoms with Gasteiger partial charge in [-0.3, -0.25) is 15.1 Å². The lowest BCUT2D eigenvalue weighted by molar-refractivity contribution is -0.159. The summed E-state index contributed by atoms with van der Waals surface area (Å²) in [6.07, 6.45) is 2.40. The van der Waals surface area contributed by atoms with E-state index in [1.807, 2.05) is 6.92 Å². The van der Waals surface area contributed by atoms with E-state index in [1.54, 1.807) is 12.1 Å². The van der Waals surface area contributed by atoms with E-state index in [1.165, 1.54) is 19.5 Å². The molecule has 0 radical (unpaired) electrons. The molecule has 2 aromatic heterocycles. The molecule has 0 aromatic carbocycles. The zero-order chi connectivity index (χ0) is 25.2. The number of rotatable bonds is 9. The summed E-state index contributed by atoms with van der Waals surface area (Å²) in [6, 6.07) is 3.38. The van der Waals surface area contributed by atoms with Crippen LogP contribution in [0.15, 0.2) is 34.7 Å². The highest BCUT2D eigenvalue weighted by atomic mass is 35.5. The monoisotopic (exact) mass is 523 g/mol. The Bertz CT molecular complexity index is 1060. The van der Waals surface area contributed by atoms with Crippen LogP contribution in [0.1, 0.15) is 16.1 Å². The van der Waals surface area contributed by atoms with E-state index in [0.29, 0.717) is 35.8 Å². The average molecular weight is 524 g/mol. The number of methoxy groups -OCH3 is 1. The Morgan fingerprint density at radius 3 is 2.74 bits per heavy atom. The van der Waals surface area contributed by atoms with Gasteiger partial charge in [-0.15, -0.1) is 5.10 Å². The third-order valence-electron chi connectivity index (χ3n) is 4.83. The van der Waals surface area contributed by atoms with Gasteiger partial charge in [-0.2, -0.15) is 5.10 Å². The molecule has 1 saturated heterocycles. The van der Waals surface area contributed by atoms with E-state index in [4.69, 9.17) is 35.7 Å². The number of carbonyl (C=O) groups is 1. The first-order valence-corrected chi connectivity index (χ1v) is 11.9. The molecule has 13 heteroatoms. The number of hydrogen-bond donors (Lipinski definition) is 2. The summed E-state index contributed by atoms with van der Waals surface area (Å²) in [5.41, 5.74) is 2.15. The number of pyridine rings is 2. The first-order valence-electron chi connectivity index (χ1n) is 10.5. The van der Waals surface area contributed by atoms with Crippen LogP contribution in [0.2, 0.25) is 5.15 Å². The molecule has 0 saturated carbocycles. The molecule has 188 valence electrons. The molecule has 0 aliphatic carbocycles. The molecular formula is C22H26ClN5O6S. The molecule has 0 bridgehead atoms. The van der Waals surface area contributed by atoms with E-state index < -0.39 is 5.91 Å². The number of amides is 1. The molecule has 35 heavy (non-hydrogen) atoms. The molecule has 0 spiro atoms. The van der Waals surface area contributed by atoms with Crippen molar-refractivity contribution in [1.29, 1.82) is 0 Å². The number of aliphatic hydroxyl groups excluding tert-OH is 1. The molecule has 2 unspecified atom stereocenters. The van der Waals surface area contributed by atoms with E-state index in [9.17, 15) is 4.79 Å². The van der Waals surface area contributed by atoms with E-state index in [2.05, 4.69) is 32.2 Å². The lowest BCUT2D eigenvalue weighted by Crippen LogP contribution is -2.39. The summed E-state index contributed by atoms with van der Waals surface area (Å²) < 4.78 is 22.0. The summed E-state index contributed by atoms with van der Waals surface area (Å²) in [5, 5.41) is 19.6. The Labute approximate surface area is 211 Å². The molecule has 11 nitrogen and oxygen atoms in total. The number of aromatic nitrogens is 2. The van der Waals surface area contributed by atoms with Gasteiger partial charge in [0.1, 0.15) is 23.1 Å². The predicted octanol–water partition coefficient (Wildman–Crippen LogP) is 2.30. The number of aliphatic hydroxyl groups is 1. The molecule has 3 heterocycles. The van der Waals surface area contributed by atoms with Crippen molar-refractivity contribution in [2.45, 2.75) is 19.1 Å². The number of thioether (sulfide) groups is 1. The molecule has 2 N–H and O–H groups in total. The van der Waals surface area contributed by atoms with Crippen molar-refractivity contribution in [2.75, 3.05) is 39.5 Å². The summed E-state index contributed by atoms with van der Waals surface area (Å²) in [4.78, 5) is 21.5. The summed E-state index contributed by atoms with van der Waals surface area (Å²) in [5.74, 6) is 0.166. The van der Waals surface area contributed by atoms with E-state index in [-0.39, 0.29) is 47.2 Å². The van der Waals surface area contributed by atoms with Gasteiger partial charge in [-0.1, -0.05) is 23.4 Å². The molecule has 1 fully saturated rings. The second kappa shape index (κ2) is 13.5. The van der Waals surface area contributed by atoms with Gasteiger partial charge in [0.05, 0.1) is 51.2 Å². The van der Waals surface area contributed by atoms with Gasteiger partial charge in [0.25, 0.3) is 5.91 Å². The number of amidine groups is 1. The SMILES string of the molecule is C=N/N=C(/NC(=O)c1cnc(C)cc1-c1cc(Cl)ncc1OC)SCOCC1COC(CO)CO1. The highest BCUT2D eigenvalue weighted by Crippen LogP contribution is 2.33. The van der Waals surface area contributed by atoms with Crippen molar-refractivity contribution >= 4 is 41.2 Å². The average Bonchev–Trinajstić information content (AvgIpc) is 2.86.